The molecular formula is C17H16N2OS. The maximum atomic E-state index is 12.5. The smallest absolute Gasteiger partial charge is 0.280 e. The van der Waals surface area contributed by atoms with Crippen LogP contribution in [-0.2, 0) is 0 Å². The van der Waals surface area contributed by atoms with Crippen molar-refractivity contribution in [3.05, 3.63) is 65.0 Å². The number of nitrogens with zero attached hydrogens (tertiary/aromatic N) is 1. The van der Waals surface area contributed by atoms with E-state index in [1.165, 1.54) is 11.3 Å². The number of amides is 1. The highest BCUT2D eigenvalue weighted by atomic mass is 32.1. The lowest BCUT2D eigenvalue weighted by molar-refractivity contribution is 0.0955. The number of thiophene rings is 1. The number of hydrogen-bond donors (Lipinski definition) is 1. The van der Waals surface area contributed by atoms with Crippen molar-refractivity contribution in [2.75, 3.05) is 12.1 Å². The normalized spacial score (nSPS) is 10.6. The van der Waals surface area contributed by atoms with Crippen molar-refractivity contribution in [1.82, 2.24) is 5.43 Å². The van der Waals surface area contributed by atoms with Crippen LogP contribution in [0, 0.1) is 6.92 Å². The summed E-state index contributed by atoms with van der Waals surface area (Å²) in [5, 5.41) is 2.89. The molecule has 0 aliphatic carbocycles. The minimum absolute atomic E-state index is 0.0694. The fourth-order valence-electron chi connectivity index (χ4n) is 2.31. The Morgan fingerprint density at radius 3 is 2.43 bits per heavy atom. The number of carbonyl (C=O) groups excluding carboxylic acids is 1. The summed E-state index contributed by atoms with van der Waals surface area (Å²) in [7, 11) is 1.84. The number of fused-ring (bicyclic) bond motifs is 1. The van der Waals surface area contributed by atoms with Crippen molar-refractivity contribution in [2.45, 2.75) is 6.92 Å². The van der Waals surface area contributed by atoms with E-state index >= 15 is 0 Å². The van der Waals surface area contributed by atoms with Gasteiger partial charge in [0.25, 0.3) is 5.91 Å². The molecule has 0 radical (unpaired) electrons. The van der Waals surface area contributed by atoms with Crippen LogP contribution in [0.5, 0.6) is 0 Å². The number of aryl methyl sites for hydroxylation is 1. The summed E-state index contributed by atoms with van der Waals surface area (Å²) in [5.74, 6) is -0.0694. The number of rotatable bonds is 3. The number of hydrogen-bond acceptors (Lipinski definition) is 3. The van der Waals surface area contributed by atoms with E-state index in [1.54, 1.807) is 5.01 Å². The first-order chi connectivity index (χ1) is 10.2. The zero-order valence-corrected chi connectivity index (χ0v) is 12.8. The first-order valence-corrected chi connectivity index (χ1v) is 7.56. The molecule has 0 aliphatic heterocycles. The third-order valence-corrected chi connectivity index (χ3v) is 4.73. The van der Waals surface area contributed by atoms with Crippen LogP contribution in [0.3, 0.4) is 0 Å². The first-order valence-electron chi connectivity index (χ1n) is 6.74. The van der Waals surface area contributed by atoms with Crippen LogP contribution in [0.4, 0.5) is 5.69 Å². The lowest BCUT2D eigenvalue weighted by atomic mass is 10.1. The van der Waals surface area contributed by atoms with Crippen molar-refractivity contribution < 1.29 is 4.79 Å². The fraction of sp³-hybridized carbons (Fsp3) is 0.118. The lowest BCUT2D eigenvalue weighted by Gasteiger charge is -2.19. The van der Waals surface area contributed by atoms with E-state index in [0.717, 1.165) is 26.2 Å². The van der Waals surface area contributed by atoms with Gasteiger partial charge in [-0.25, -0.2) is 0 Å². The second-order valence-electron chi connectivity index (χ2n) is 4.89. The van der Waals surface area contributed by atoms with Crippen LogP contribution in [0.1, 0.15) is 15.2 Å². The number of nitrogens with one attached hydrogen (secondary N) is 1. The van der Waals surface area contributed by atoms with E-state index in [9.17, 15) is 4.79 Å². The van der Waals surface area contributed by atoms with Gasteiger partial charge in [0.2, 0.25) is 0 Å². The third-order valence-electron chi connectivity index (χ3n) is 3.46. The predicted octanol–water partition coefficient (Wildman–Crippen LogP) is 3.99. The topological polar surface area (TPSA) is 32.3 Å². The molecule has 21 heavy (non-hydrogen) atoms. The SMILES string of the molecule is Cc1c(C(=O)NN(C)c2ccccc2)sc2ccccc12. The van der Waals surface area contributed by atoms with Gasteiger partial charge in [0, 0.05) is 11.7 Å². The monoisotopic (exact) mass is 296 g/mol. The van der Waals surface area contributed by atoms with Gasteiger partial charge in [0.15, 0.2) is 0 Å². The highest BCUT2D eigenvalue weighted by molar-refractivity contribution is 7.21. The summed E-state index contributed by atoms with van der Waals surface area (Å²) in [6.45, 7) is 2.00. The van der Waals surface area contributed by atoms with Gasteiger partial charge < -0.3 is 0 Å². The molecule has 0 unspecified atom stereocenters. The van der Waals surface area contributed by atoms with Gasteiger partial charge in [0.05, 0.1) is 10.6 Å². The van der Waals surface area contributed by atoms with Gasteiger partial charge in [0.1, 0.15) is 0 Å². The molecule has 0 aliphatic rings. The molecule has 0 saturated heterocycles. The molecular weight excluding hydrogens is 280 g/mol. The van der Waals surface area contributed by atoms with Crippen LogP contribution in [-0.4, -0.2) is 13.0 Å². The highest BCUT2D eigenvalue weighted by Crippen LogP contribution is 2.30. The van der Waals surface area contributed by atoms with Crippen molar-refractivity contribution in [1.29, 1.82) is 0 Å². The van der Waals surface area contributed by atoms with Crippen LogP contribution in [0.2, 0.25) is 0 Å². The predicted molar refractivity (Wildman–Crippen MR) is 88.9 cm³/mol. The number of hydrazine groups is 1. The Bertz CT molecular complexity index is 780. The third kappa shape index (κ3) is 2.62. The first kappa shape index (κ1) is 13.6. The zero-order valence-electron chi connectivity index (χ0n) is 12.0. The van der Waals surface area contributed by atoms with Crippen LogP contribution >= 0.6 is 11.3 Å². The minimum Gasteiger partial charge on any atom is -0.288 e. The second kappa shape index (κ2) is 5.58. The Morgan fingerprint density at radius 1 is 1.05 bits per heavy atom. The van der Waals surface area contributed by atoms with E-state index in [1.807, 2.05) is 62.5 Å². The summed E-state index contributed by atoms with van der Waals surface area (Å²) in [4.78, 5) is 13.2. The van der Waals surface area contributed by atoms with E-state index in [-0.39, 0.29) is 5.91 Å². The maximum Gasteiger partial charge on any atom is 0.280 e. The number of anilines is 1. The highest BCUT2D eigenvalue weighted by Gasteiger charge is 2.16. The van der Waals surface area contributed by atoms with Gasteiger partial charge >= 0.3 is 0 Å². The molecule has 1 aromatic heterocycles. The van der Waals surface area contributed by atoms with Crippen LogP contribution in [0.15, 0.2) is 54.6 Å². The van der Waals surface area contributed by atoms with Crippen molar-refractivity contribution in [3.8, 4) is 0 Å². The van der Waals surface area contributed by atoms with Crippen LogP contribution in [0.25, 0.3) is 10.1 Å². The van der Waals surface area contributed by atoms with E-state index < -0.39 is 0 Å². The van der Waals surface area contributed by atoms with Gasteiger partial charge in [-0.15, -0.1) is 11.3 Å². The summed E-state index contributed by atoms with van der Waals surface area (Å²) in [5.41, 5.74) is 4.90. The molecule has 1 N–H and O–H groups in total. The van der Waals surface area contributed by atoms with Crippen molar-refractivity contribution >= 4 is 33.0 Å². The molecule has 0 spiro atoms. The molecule has 0 fully saturated rings. The summed E-state index contributed by atoms with van der Waals surface area (Å²) in [6.07, 6.45) is 0. The molecule has 106 valence electrons. The van der Waals surface area contributed by atoms with Crippen LogP contribution < -0.4 is 10.4 Å². The van der Waals surface area contributed by atoms with Gasteiger partial charge in [-0.1, -0.05) is 36.4 Å². The molecule has 1 amide bonds. The van der Waals surface area contributed by atoms with E-state index in [2.05, 4.69) is 11.5 Å². The molecule has 0 atom stereocenters. The Hall–Kier alpha value is -2.33. The molecule has 1 heterocycles. The largest absolute Gasteiger partial charge is 0.288 e. The molecule has 0 bridgehead atoms. The number of para-hydroxylation sites is 1. The number of benzene rings is 2. The summed E-state index contributed by atoms with van der Waals surface area (Å²) >= 11 is 1.53. The molecule has 4 heteroatoms. The Morgan fingerprint density at radius 2 is 1.71 bits per heavy atom. The van der Waals surface area contributed by atoms with Crippen molar-refractivity contribution in [3.63, 3.8) is 0 Å². The van der Waals surface area contributed by atoms with E-state index in [4.69, 9.17) is 0 Å². The second-order valence-corrected chi connectivity index (χ2v) is 5.94. The quantitative estimate of drug-likeness (QED) is 0.741. The van der Waals surface area contributed by atoms with Gasteiger partial charge in [-0.05, 0) is 36.1 Å². The molecule has 3 rings (SSSR count). The standard InChI is InChI=1S/C17H16N2OS/c1-12-14-10-6-7-11-15(14)21-16(12)17(20)18-19(2)13-8-4-3-5-9-13/h3-11H,1-2H3,(H,18,20). The van der Waals surface area contributed by atoms with Crippen molar-refractivity contribution in [2.24, 2.45) is 0 Å². The molecule has 0 saturated carbocycles. The molecule has 2 aromatic carbocycles. The minimum atomic E-state index is -0.0694. The Balaban J connectivity index is 1.86. The van der Waals surface area contributed by atoms with E-state index in [0.29, 0.717) is 0 Å². The summed E-state index contributed by atoms with van der Waals surface area (Å²) < 4.78 is 1.14. The number of carbonyl (C=O) groups is 1. The van der Waals surface area contributed by atoms with Gasteiger partial charge in [-0.2, -0.15) is 0 Å². The average Bonchev–Trinajstić information content (AvgIpc) is 2.86. The molecule has 3 nitrogen and oxygen atoms in total. The fourth-order valence-corrected chi connectivity index (χ4v) is 3.41. The lowest BCUT2D eigenvalue weighted by Crippen LogP contribution is -2.39. The van der Waals surface area contributed by atoms with Gasteiger partial charge in [-0.3, -0.25) is 15.2 Å². The maximum absolute atomic E-state index is 12.5. The average molecular weight is 296 g/mol. The zero-order chi connectivity index (χ0) is 14.8. The molecule has 3 aromatic rings. The Kier molecular flexibility index (Phi) is 3.62. The Labute approximate surface area is 127 Å². The summed E-state index contributed by atoms with van der Waals surface area (Å²) in [6, 6.07) is 17.9.